The van der Waals surface area contributed by atoms with E-state index in [0.717, 1.165) is 44.1 Å². The zero-order valence-corrected chi connectivity index (χ0v) is 15.9. The minimum absolute atomic E-state index is 0.0849. The average molecular weight is 332 g/mol. The summed E-state index contributed by atoms with van der Waals surface area (Å²) in [4.78, 5) is 11.9. The van der Waals surface area contributed by atoms with Gasteiger partial charge in [-0.25, -0.2) is 0 Å². The molecule has 0 spiro atoms. The number of ether oxygens (including phenoxy) is 2. The van der Waals surface area contributed by atoms with Crippen LogP contribution in [0.1, 0.15) is 66.2 Å². The Morgan fingerprint density at radius 1 is 1.25 bits per heavy atom. The summed E-state index contributed by atoms with van der Waals surface area (Å²) >= 11 is 0. The number of hydrogen-bond acceptors (Lipinski definition) is 3. The predicted octanol–water partition coefficient (Wildman–Crippen LogP) is 5.13. The molecule has 0 unspecified atom stereocenters. The number of esters is 1. The molecule has 24 heavy (non-hydrogen) atoms. The molecule has 2 aliphatic rings. The Morgan fingerprint density at radius 3 is 2.71 bits per heavy atom. The predicted molar refractivity (Wildman–Crippen MR) is 97.8 cm³/mol. The molecule has 0 radical (unpaired) electrons. The SMILES string of the molecule is COC(=O)[C@H](C)/C1=C/C=C(\C)CC[C@@H]2O[C@@]2(C)CC/C=C(\C)CC1. The van der Waals surface area contributed by atoms with Crippen LogP contribution in [0, 0.1) is 5.92 Å². The lowest BCUT2D eigenvalue weighted by molar-refractivity contribution is -0.143. The molecule has 0 aromatic heterocycles. The van der Waals surface area contributed by atoms with Crippen molar-refractivity contribution < 1.29 is 14.3 Å². The molecule has 0 amide bonds. The van der Waals surface area contributed by atoms with E-state index in [4.69, 9.17) is 9.47 Å². The maximum Gasteiger partial charge on any atom is 0.312 e. The third-order valence-electron chi connectivity index (χ3n) is 5.47. The molecule has 0 bridgehead atoms. The maximum absolute atomic E-state index is 11.9. The van der Waals surface area contributed by atoms with E-state index in [1.165, 1.54) is 18.3 Å². The Bertz CT molecular complexity index is 555. The van der Waals surface area contributed by atoms with Gasteiger partial charge in [-0.3, -0.25) is 4.79 Å². The Hall–Kier alpha value is -1.35. The van der Waals surface area contributed by atoms with Crippen molar-refractivity contribution in [2.75, 3.05) is 7.11 Å². The number of fused-ring (bicyclic) bond motifs is 1. The lowest BCUT2D eigenvalue weighted by Crippen LogP contribution is -2.15. The van der Waals surface area contributed by atoms with Crippen molar-refractivity contribution >= 4 is 5.97 Å². The van der Waals surface area contributed by atoms with Gasteiger partial charge in [0.25, 0.3) is 0 Å². The van der Waals surface area contributed by atoms with Gasteiger partial charge in [-0.15, -0.1) is 0 Å². The van der Waals surface area contributed by atoms with E-state index in [1.54, 1.807) is 0 Å². The van der Waals surface area contributed by atoms with E-state index in [0.29, 0.717) is 6.10 Å². The first kappa shape index (κ1) is 19.0. The summed E-state index contributed by atoms with van der Waals surface area (Å²) in [6.45, 7) is 8.52. The highest BCUT2D eigenvalue weighted by molar-refractivity contribution is 5.75. The van der Waals surface area contributed by atoms with Crippen molar-refractivity contribution in [2.24, 2.45) is 5.92 Å². The first-order chi connectivity index (χ1) is 11.4. The summed E-state index contributed by atoms with van der Waals surface area (Å²) in [5.74, 6) is -0.341. The third kappa shape index (κ3) is 5.07. The van der Waals surface area contributed by atoms with Crippen molar-refractivity contribution in [3.8, 4) is 0 Å². The van der Waals surface area contributed by atoms with Gasteiger partial charge >= 0.3 is 5.97 Å². The van der Waals surface area contributed by atoms with Gasteiger partial charge in [0.1, 0.15) is 0 Å². The Kier molecular flexibility index (Phi) is 6.45. The van der Waals surface area contributed by atoms with Gasteiger partial charge in [0.15, 0.2) is 0 Å². The molecule has 0 aromatic carbocycles. The van der Waals surface area contributed by atoms with Crippen LogP contribution in [-0.4, -0.2) is 24.8 Å². The molecule has 1 saturated heterocycles. The van der Waals surface area contributed by atoms with Gasteiger partial charge < -0.3 is 9.47 Å². The van der Waals surface area contributed by atoms with Crippen molar-refractivity contribution in [2.45, 2.75) is 77.9 Å². The van der Waals surface area contributed by atoms with Gasteiger partial charge in [0, 0.05) is 0 Å². The van der Waals surface area contributed by atoms with Crippen LogP contribution in [0.2, 0.25) is 0 Å². The van der Waals surface area contributed by atoms with Gasteiger partial charge in [-0.05, 0) is 66.2 Å². The topological polar surface area (TPSA) is 38.8 Å². The number of carbonyl (C=O) groups excluding carboxylic acids is 1. The molecule has 0 N–H and O–H groups in total. The van der Waals surface area contributed by atoms with E-state index in [2.05, 4.69) is 39.0 Å². The van der Waals surface area contributed by atoms with E-state index in [-0.39, 0.29) is 17.5 Å². The molecule has 1 heterocycles. The normalized spacial score (nSPS) is 36.5. The number of hydrogen-bond donors (Lipinski definition) is 0. The molecule has 1 aliphatic heterocycles. The van der Waals surface area contributed by atoms with E-state index in [9.17, 15) is 4.79 Å². The van der Waals surface area contributed by atoms with E-state index >= 15 is 0 Å². The Labute approximate surface area is 146 Å². The van der Waals surface area contributed by atoms with Crippen LogP contribution in [0.15, 0.2) is 34.9 Å². The molecule has 1 fully saturated rings. The van der Waals surface area contributed by atoms with Gasteiger partial charge in [-0.2, -0.15) is 0 Å². The van der Waals surface area contributed by atoms with Crippen LogP contribution in [0.3, 0.4) is 0 Å². The molecule has 3 heteroatoms. The number of methoxy groups -OCH3 is 1. The summed E-state index contributed by atoms with van der Waals surface area (Å²) in [7, 11) is 1.46. The van der Waals surface area contributed by atoms with E-state index < -0.39 is 0 Å². The standard InChI is InChI=1S/C21H32O3/c1-15-7-6-14-21(4)19(24-21)13-10-16(2)9-12-18(11-8-15)17(3)20(22)23-5/h7,9,12,17,19H,6,8,10-11,13-14H2,1-5H3/b15-7+,16-9+,18-12+/t17-,19+,21+/m1/s1. The molecule has 0 saturated carbocycles. The smallest absolute Gasteiger partial charge is 0.312 e. The molecule has 0 aromatic rings. The fourth-order valence-corrected chi connectivity index (χ4v) is 3.39. The van der Waals surface area contributed by atoms with Crippen LogP contribution in [0.25, 0.3) is 0 Å². The zero-order valence-electron chi connectivity index (χ0n) is 15.9. The number of epoxide rings is 1. The highest BCUT2D eigenvalue weighted by Crippen LogP contribution is 2.43. The number of rotatable bonds is 2. The third-order valence-corrected chi connectivity index (χ3v) is 5.47. The molecule has 3 atom stereocenters. The largest absolute Gasteiger partial charge is 0.469 e. The second kappa shape index (κ2) is 8.15. The maximum atomic E-state index is 11.9. The minimum Gasteiger partial charge on any atom is -0.469 e. The van der Waals surface area contributed by atoms with Crippen LogP contribution in [0.4, 0.5) is 0 Å². The van der Waals surface area contributed by atoms with Gasteiger partial charge in [0.2, 0.25) is 0 Å². The monoisotopic (exact) mass is 332 g/mol. The van der Waals surface area contributed by atoms with E-state index in [1.807, 2.05) is 6.92 Å². The lowest BCUT2D eigenvalue weighted by atomic mass is 9.92. The summed E-state index contributed by atoms with van der Waals surface area (Å²) in [5.41, 5.74) is 3.96. The Balaban J connectivity index is 2.16. The number of allylic oxidation sites excluding steroid dienone is 5. The minimum atomic E-state index is -0.185. The van der Waals surface area contributed by atoms with Crippen LogP contribution in [-0.2, 0) is 14.3 Å². The van der Waals surface area contributed by atoms with Crippen molar-refractivity contribution in [1.82, 2.24) is 0 Å². The lowest BCUT2D eigenvalue weighted by Gasteiger charge is -2.15. The first-order valence-electron chi connectivity index (χ1n) is 9.13. The van der Waals surface area contributed by atoms with Crippen LogP contribution < -0.4 is 0 Å². The quantitative estimate of drug-likeness (QED) is 0.400. The molecule has 1 aliphatic carbocycles. The second-order valence-corrected chi connectivity index (χ2v) is 7.55. The highest BCUT2D eigenvalue weighted by atomic mass is 16.6. The van der Waals surface area contributed by atoms with Gasteiger partial charge in [-0.1, -0.05) is 34.9 Å². The molecule has 3 nitrogen and oxygen atoms in total. The first-order valence-corrected chi connectivity index (χ1v) is 9.13. The summed E-state index contributed by atoms with van der Waals surface area (Å²) in [6.07, 6.45) is 13.2. The fourth-order valence-electron chi connectivity index (χ4n) is 3.39. The molecular formula is C21H32O3. The van der Waals surface area contributed by atoms with Crippen molar-refractivity contribution in [3.63, 3.8) is 0 Å². The number of carbonyl (C=O) groups is 1. The Morgan fingerprint density at radius 2 is 2.00 bits per heavy atom. The zero-order chi connectivity index (χ0) is 17.7. The van der Waals surface area contributed by atoms with Crippen molar-refractivity contribution in [3.05, 3.63) is 34.9 Å². The molecule has 134 valence electrons. The van der Waals surface area contributed by atoms with Gasteiger partial charge in [0.05, 0.1) is 24.7 Å². The highest BCUT2D eigenvalue weighted by Gasteiger charge is 2.50. The average Bonchev–Trinajstić information content (AvgIpc) is 3.21. The fraction of sp³-hybridized carbons (Fsp3) is 0.667. The molecular weight excluding hydrogens is 300 g/mol. The van der Waals surface area contributed by atoms with Crippen LogP contribution in [0.5, 0.6) is 0 Å². The summed E-state index contributed by atoms with van der Waals surface area (Å²) in [5, 5.41) is 0. The summed E-state index contributed by atoms with van der Waals surface area (Å²) < 4.78 is 10.9. The second-order valence-electron chi connectivity index (χ2n) is 7.55. The van der Waals surface area contributed by atoms with Crippen LogP contribution >= 0.6 is 0 Å². The summed E-state index contributed by atoms with van der Waals surface area (Å²) in [6, 6.07) is 0. The molecule has 2 rings (SSSR count). The van der Waals surface area contributed by atoms with Crippen molar-refractivity contribution in [1.29, 1.82) is 0 Å².